The van der Waals surface area contributed by atoms with E-state index in [1.165, 1.54) is 0 Å². The third kappa shape index (κ3) is 5.19. The van der Waals surface area contributed by atoms with Gasteiger partial charge in [-0.25, -0.2) is 0 Å². The Morgan fingerprint density at radius 3 is 1.82 bits per heavy atom. The second-order valence-corrected chi connectivity index (χ2v) is 9.56. The summed E-state index contributed by atoms with van der Waals surface area (Å²) < 4.78 is 12.2. The summed E-state index contributed by atoms with van der Waals surface area (Å²) in [6.45, 7) is 6.22. The van der Waals surface area contributed by atoms with Crippen molar-refractivity contribution in [1.29, 1.82) is 0 Å². The van der Waals surface area contributed by atoms with Crippen LogP contribution in [0, 0.1) is 13.8 Å². The monoisotopic (exact) mass is 338 g/mol. The molecule has 0 N–H and O–H groups in total. The van der Waals surface area contributed by atoms with E-state index in [1.807, 2.05) is 62.4 Å². The minimum absolute atomic E-state index is 0.757. The molecule has 0 spiro atoms. The van der Waals surface area contributed by atoms with Crippen LogP contribution in [0.2, 0.25) is 0 Å². The van der Waals surface area contributed by atoms with Gasteiger partial charge in [-0.15, -0.1) is 0 Å². The van der Waals surface area contributed by atoms with Crippen molar-refractivity contribution in [1.82, 2.24) is 0 Å². The van der Waals surface area contributed by atoms with Gasteiger partial charge in [0.2, 0.25) is 0 Å². The van der Waals surface area contributed by atoms with Gasteiger partial charge in [-0.3, -0.25) is 0 Å². The molecule has 0 amide bonds. The van der Waals surface area contributed by atoms with Crippen molar-refractivity contribution in [3.63, 3.8) is 0 Å². The Hall–Kier alpha value is -1.24. The first kappa shape index (κ1) is 17.1. The Bertz CT molecular complexity index is 568. The SMILES string of the molecule is CCCC[PH](Cl)(Oc1cccc(C)c1)Oc1cccc(C)c1. The molecule has 0 radical (unpaired) electrons. The molecule has 4 heteroatoms. The van der Waals surface area contributed by atoms with E-state index in [4.69, 9.17) is 20.3 Å². The van der Waals surface area contributed by atoms with Gasteiger partial charge in [-0.2, -0.15) is 0 Å². The first-order chi connectivity index (χ1) is 10.5. The topological polar surface area (TPSA) is 18.5 Å². The van der Waals surface area contributed by atoms with Gasteiger partial charge >= 0.3 is 138 Å². The van der Waals surface area contributed by atoms with E-state index in [0.29, 0.717) is 0 Å². The van der Waals surface area contributed by atoms with Crippen LogP contribution in [0.3, 0.4) is 0 Å². The number of halogens is 1. The molecule has 0 aromatic heterocycles. The molecule has 0 unspecified atom stereocenters. The molecule has 0 aliphatic carbocycles. The number of unbranched alkanes of at least 4 members (excludes halogenated alkanes) is 1. The van der Waals surface area contributed by atoms with E-state index in [0.717, 1.165) is 41.6 Å². The zero-order valence-corrected chi connectivity index (χ0v) is 15.2. The van der Waals surface area contributed by atoms with Gasteiger partial charge in [0, 0.05) is 0 Å². The Balaban J connectivity index is 2.19. The molecule has 2 aromatic rings. The summed E-state index contributed by atoms with van der Waals surface area (Å²) in [4.78, 5) is 0. The van der Waals surface area contributed by atoms with Crippen LogP contribution in [0.5, 0.6) is 11.5 Å². The van der Waals surface area contributed by atoms with E-state index < -0.39 is 7.07 Å². The third-order valence-corrected chi connectivity index (χ3v) is 6.41. The van der Waals surface area contributed by atoms with Gasteiger partial charge in [0.15, 0.2) is 0 Å². The second-order valence-electron chi connectivity index (χ2n) is 5.60. The molecule has 0 atom stereocenters. The zero-order chi connectivity index (χ0) is 16.0. The molecule has 0 heterocycles. The summed E-state index contributed by atoms with van der Waals surface area (Å²) in [5.74, 6) is 1.57. The fourth-order valence-electron chi connectivity index (χ4n) is 2.22. The molecule has 0 saturated heterocycles. The van der Waals surface area contributed by atoms with Gasteiger partial charge in [0.25, 0.3) is 0 Å². The van der Waals surface area contributed by atoms with Crippen LogP contribution >= 0.6 is 18.3 Å². The van der Waals surface area contributed by atoms with E-state index in [-0.39, 0.29) is 0 Å². The van der Waals surface area contributed by atoms with Crippen molar-refractivity contribution in [3.05, 3.63) is 59.7 Å². The summed E-state index contributed by atoms with van der Waals surface area (Å²) in [7, 11) is -2.83. The van der Waals surface area contributed by atoms with Crippen molar-refractivity contribution in [2.45, 2.75) is 33.6 Å². The van der Waals surface area contributed by atoms with Gasteiger partial charge < -0.3 is 0 Å². The van der Waals surface area contributed by atoms with Crippen LogP contribution in [0.1, 0.15) is 30.9 Å². The van der Waals surface area contributed by atoms with Crippen molar-refractivity contribution in [3.8, 4) is 11.5 Å². The molecule has 2 rings (SSSR count). The van der Waals surface area contributed by atoms with Crippen LogP contribution in [0.4, 0.5) is 0 Å². The second kappa shape index (κ2) is 7.85. The maximum absolute atomic E-state index is 6.79. The molecule has 2 aromatic carbocycles. The molecule has 0 aliphatic rings. The van der Waals surface area contributed by atoms with Crippen molar-refractivity contribution >= 4 is 18.3 Å². The van der Waals surface area contributed by atoms with Gasteiger partial charge in [0.1, 0.15) is 0 Å². The number of hydrogen-bond acceptors (Lipinski definition) is 2. The summed E-state index contributed by atoms with van der Waals surface area (Å²) in [5, 5.41) is 0. The van der Waals surface area contributed by atoms with E-state index in [9.17, 15) is 0 Å². The Morgan fingerprint density at radius 1 is 0.909 bits per heavy atom. The summed E-state index contributed by atoms with van der Waals surface area (Å²) >= 11 is 6.79. The van der Waals surface area contributed by atoms with Crippen LogP contribution < -0.4 is 9.05 Å². The van der Waals surface area contributed by atoms with Crippen molar-refractivity contribution in [2.24, 2.45) is 0 Å². The normalized spacial score (nSPS) is 12.0. The quantitative estimate of drug-likeness (QED) is 0.552. The summed E-state index contributed by atoms with van der Waals surface area (Å²) in [5.41, 5.74) is 2.30. The van der Waals surface area contributed by atoms with E-state index in [1.54, 1.807) is 0 Å². The van der Waals surface area contributed by atoms with E-state index in [2.05, 4.69) is 6.92 Å². The molecule has 22 heavy (non-hydrogen) atoms. The average Bonchev–Trinajstić information content (AvgIpc) is 2.45. The first-order valence-electron chi connectivity index (χ1n) is 7.71. The molecule has 0 bridgehead atoms. The van der Waals surface area contributed by atoms with Crippen LogP contribution in [0.15, 0.2) is 48.5 Å². The number of benzene rings is 2. The predicted molar refractivity (Wildman–Crippen MR) is 97.6 cm³/mol. The Kier molecular flexibility index (Phi) is 6.11. The van der Waals surface area contributed by atoms with Crippen LogP contribution in [0.25, 0.3) is 0 Å². The van der Waals surface area contributed by atoms with Gasteiger partial charge in [-0.1, -0.05) is 0 Å². The third-order valence-electron chi connectivity index (χ3n) is 3.35. The van der Waals surface area contributed by atoms with Crippen LogP contribution in [-0.4, -0.2) is 6.16 Å². The molecule has 0 fully saturated rings. The number of aryl methyl sites for hydroxylation is 2. The molecule has 0 saturated carbocycles. The predicted octanol–water partition coefficient (Wildman–Crippen LogP) is 6.30. The number of hydrogen-bond donors (Lipinski definition) is 0. The van der Waals surface area contributed by atoms with Crippen molar-refractivity contribution in [2.75, 3.05) is 6.16 Å². The maximum atomic E-state index is 6.79. The van der Waals surface area contributed by atoms with Gasteiger partial charge in [-0.05, 0) is 0 Å². The summed E-state index contributed by atoms with van der Waals surface area (Å²) in [6, 6.07) is 15.9. The standard InChI is InChI=1S/C18H24ClO2P/c1-4-5-12-22(19,20-17-10-6-8-15(2)13-17)21-18-11-7-9-16(3)14-18/h6-11,13-14,22H,4-5,12H2,1-3H3. The number of rotatable bonds is 7. The molecule has 0 aliphatic heterocycles. The van der Waals surface area contributed by atoms with Crippen LogP contribution in [-0.2, 0) is 0 Å². The van der Waals surface area contributed by atoms with E-state index >= 15 is 0 Å². The fraction of sp³-hybridized carbons (Fsp3) is 0.333. The summed E-state index contributed by atoms with van der Waals surface area (Å²) in [6.07, 6.45) is 2.82. The molecule has 2 nitrogen and oxygen atoms in total. The first-order valence-corrected chi connectivity index (χ1v) is 10.7. The molecular weight excluding hydrogens is 315 g/mol. The van der Waals surface area contributed by atoms with Crippen molar-refractivity contribution < 1.29 is 9.05 Å². The fourth-order valence-corrected chi connectivity index (χ4v) is 5.14. The van der Waals surface area contributed by atoms with Gasteiger partial charge in [0.05, 0.1) is 0 Å². The Labute approximate surface area is 138 Å². The Morgan fingerprint density at radius 2 is 1.41 bits per heavy atom. The zero-order valence-electron chi connectivity index (χ0n) is 13.4. The minimum atomic E-state index is -2.83. The molecule has 120 valence electrons. The molecular formula is C18H24ClO2P. The average molecular weight is 339 g/mol.